The zero-order valence-corrected chi connectivity index (χ0v) is 45.6. The van der Waals surface area contributed by atoms with Crippen molar-refractivity contribution in [2.75, 3.05) is 58.9 Å². The molecule has 8 unspecified atom stereocenters. The van der Waals surface area contributed by atoms with Crippen LogP contribution in [0.1, 0.15) is 192 Å². The second-order valence-electron chi connectivity index (χ2n) is 28.9. The molecule has 12 rings (SSSR count). The number of nitrogens with one attached hydrogen (secondary N) is 8. The van der Waals surface area contributed by atoms with E-state index in [-0.39, 0.29) is 0 Å². The van der Waals surface area contributed by atoms with Gasteiger partial charge < -0.3 is 42.5 Å². The summed E-state index contributed by atoms with van der Waals surface area (Å²) in [7, 11) is 0. The fourth-order valence-electron chi connectivity index (χ4n) is 15.7. The molecule has 1 saturated carbocycles. The van der Waals surface area contributed by atoms with E-state index in [1.165, 1.54) is 168 Å². The first-order valence-corrected chi connectivity index (χ1v) is 29.0. The van der Waals surface area contributed by atoms with E-state index >= 15 is 0 Å². The average Bonchev–Trinajstić information content (AvgIpc) is 4.14. The maximum absolute atomic E-state index is 3.69. The largest absolute Gasteiger partial charge is 0.316 e. The Hall–Kier alpha value is -0.320. The number of hydrogen-bond acceptors (Lipinski definition) is 8. The van der Waals surface area contributed by atoms with Crippen LogP contribution in [-0.4, -0.2) is 101 Å². The SMILES string of the molecule is C1C[C@@H]2CNC[C@@H]2CN1.C1C[C@H]2NCC[C@H]2CN1.CC(C)(C)C1C2CCC1CNC2.CC(C)(C)C1CC2CCC(C1)N2.CC(C)(C)C1CC2CCC(C1)N2.CC(C)(C)C1CC2CCC(C1)N2. The summed E-state index contributed by atoms with van der Waals surface area (Å²) in [5.41, 5.74) is 2.13. The molecular formula is C58H112N8. The third-order valence-corrected chi connectivity index (χ3v) is 19.9. The van der Waals surface area contributed by atoms with Crippen LogP contribution < -0.4 is 42.5 Å². The van der Waals surface area contributed by atoms with E-state index in [4.69, 9.17) is 0 Å². The highest BCUT2D eigenvalue weighted by molar-refractivity contribution is 4.99. The van der Waals surface area contributed by atoms with Crippen LogP contribution >= 0.6 is 0 Å². The Balaban J connectivity index is 0.000000118. The van der Waals surface area contributed by atoms with Gasteiger partial charge in [0, 0.05) is 42.3 Å². The van der Waals surface area contributed by atoms with Gasteiger partial charge in [0.1, 0.15) is 0 Å². The molecule has 1 aliphatic carbocycles. The van der Waals surface area contributed by atoms with Crippen LogP contribution in [0.2, 0.25) is 0 Å². The molecule has 11 saturated heterocycles. The van der Waals surface area contributed by atoms with Crippen molar-refractivity contribution in [3.8, 4) is 0 Å². The van der Waals surface area contributed by atoms with Crippen LogP contribution in [0.3, 0.4) is 0 Å². The van der Waals surface area contributed by atoms with Crippen LogP contribution in [0.15, 0.2) is 0 Å². The minimum Gasteiger partial charge on any atom is -0.316 e. The second-order valence-corrected chi connectivity index (χ2v) is 28.9. The summed E-state index contributed by atoms with van der Waals surface area (Å²) in [6, 6.07) is 5.98. The highest BCUT2D eigenvalue weighted by Gasteiger charge is 2.45. The van der Waals surface area contributed by atoms with Crippen LogP contribution in [0.4, 0.5) is 0 Å². The van der Waals surface area contributed by atoms with Crippen molar-refractivity contribution >= 4 is 0 Å². The molecule has 8 N–H and O–H groups in total. The van der Waals surface area contributed by atoms with Crippen LogP contribution in [0.5, 0.6) is 0 Å². The van der Waals surface area contributed by atoms with Gasteiger partial charge in [0.15, 0.2) is 0 Å². The average molecular weight is 922 g/mol. The van der Waals surface area contributed by atoms with Crippen LogP contribution in [0.25, 0.3) is 0 Å². The Morgan fingerprint density at radius 1 is 0.288 bits per heavy atom. The predicted octanol–water partition coefficient (Wildman–Crippen LogP) is 9.74. The lowest BCUT2D eigenvalue weighted by Gasteiger charge is -2.40. The number of piperidine rings is 6. The Kier molecular flexibility index (Phi) is 19.0. The lowest BCUT2D eigenvalue weighted by molar-refractivity contribution is 0.109. The molecular weight excluding hydrogens is 809 g/mol. The van der Waals surface area contributed by atoms with Gasteiger partial charge >= 0.3 is 0 Å². The molecule has 0 aromatic carbocycles. The molecule has 11 aliphatic heterocycles. The van der Waals surface area contributed by atoms with Gasteiger partial charge in [0.05, 0.1) is 0 Å². The maximum atomic E-state index is 3.69. The zero-order valence-electron chi connectivity index (χ0n) is 45.6. The summed E-state index contributed by atoms with van der Waals surface area (Å²) in [6.45, 7) is 40.0. The lowest BCUT2D eigenvalue weighted by atomic mass is 9.69. The fraction of sp³-hybridized carbons (Fsp3) is 1.00. The quantitative estimate of drug-likeness (QED) is 0.122. The van der Waals surface area contributed by atoms with Crippen molar-refractivity contribution in [1.29, 1.82) is 0 Å². The molecule has 0 spiro atoms. The van der Waals surface area contributed by atoms with Crippen LogP contribution in [0, 0.1) is 74.9 Å². The monoisotopic (exact) mass is 921 g/mol. The molecule has 12 fully saturated rings. The number of fused-ring (bicyclic) bond motifs is 10. The topological polar surface area (TPSA) is 96.2 Å². The van der Waals surface area contributed by atoms with E-state index in [9.17, 15) is 0 Å². The molecule has 11 heterocycles. The predicted molar refractivity (Wildman–Crippen MR) is 283 cm³/mol. The minimum absolute atomic E-state index is 0.531. The van der Waals surface area contributed by atoms with Gasteiger partial charge in [-0.2, -0.15) is 0 Å². The Bertz CT molecular complexity index is 1230. The van der Waals surface area contributed by atoms with Crippen molar-refractivity contribution in [2.45, 2.75) is 235 Å². The summed E-state index contributed by atoms with van der Waals surface area (Å²) in [6.07, 6.45) is 24.1. The van der Waals surface area contributed by atoms with Crippen molar-refractivity contribution in [3.05, 3.63) is 0 Å². The number of rotatable bonds is 0. The molecule has 0 aromatic heterocycles. The first-order chi connectivity index (χ1) is 31.2. The zero-order chi connectivity index (χ0) is 47.3. The van der Waals surface area contributed by atoms with Crippen molar-refractivity contribution in [2.24, 2.45) is 74.9 Å². The first-order valence-electron chi connectivity index (χ1n) is 29.0. The van der Waals surface area contributed by atoms with Gasteiger partial charge in [-0.25, -0.2) is 0 Å². The van der Waals surface area contributed by atoms with Gasteiger partial charge in [-0.1, -0.05) is 83.1 Å². The van der Waals surface area contributed by atoms with E-state index in [1.54, 1.807) is 0 Å². The highest BCUT2D eigenvalue weighted by Crippen LogP contribution is 2.49. The molecule has 8 bridgehead atoms. The first kappa shape index (κ1) is 53.5. The summed E-state index contributed by atoms with van der Waals surface area (Å²) < 4.78 is 0. The summed E-state index contributed by atoms with van der Waals surface area (Å²) in [5, 5.41) is 28.4. The van der Waals surface area contributed by atoms with Crippen molar-refractivity contribution < 1.29 is 0 Å². The third kappa shape index (κ3) is 15.3. The van der Waals surface area contributed by atoms with E-state index in [0.717, 1.165) is 95.6 Å². The molecule has 384 valence electrons. The molecule has 0 amide bonds. The summed E-state index contributed by atoms with van der Waals surface area (Å²) in [5.74, 6) is 8.68. The van der Waals surface area contributed by atoms with E-state index in [2.05, 4.69) is 126 Å². The smallest absolute Gasteiger partial charge is 0.0120 e. The maximum Gasteiger partial charge on any atom is 0.0120 e. The molecule has 12 atom stereocenters. The van der Waals surface area contributed by atoms with E-state index in [1.807, 2.05) is 0 Å². The Labute approximate surface area is 409 Å². The van der Waals surface area contributed by atoms with Crippen molar-refractivity contribution in [3.63, 3.8) is 0 Å². The Morgan fingerprint density at radius 3 is 0.970 bits per heavy atom. The van der Waals surface area contributed by atoms with Gasteiger partial charge in [-0.3, -0.25) is 0 Å². The molecule has 12 aliphatic rings. The molecule has 66 heavy (non-hydrogen) atoms. The minimum atomic E-state index is 0.531. The lowest BCUT2D eigenvalue weighted by Crippen LogP contribution is -2.43. The standard InChI is InChI=1S/4C11H21N.2C7H14N2/c3*1-11(2,3)8-6-9-4-5-10(7-8)12-9;1-11(2,3)10-8-4-5-9(10)7-12-6-8;1-4-9-7-2-3-8-5-6(1)7;1-2-8-4-7-5-9-3-6(1)7/h4*8-10,12H,4-7H2,1-3H3;2*6-9H,1-5H2/t;;;;2*6-,7+/m....01/s1. The Morgan fingerprint density at radius 2 is 0.621 bits per heavy atom. The molecule has 8 nitrogen and oxygen atoms in total. The van der Waals surface area contributed by atoms with Crippen molar-refractivity contribution in [1.82, 2.24) is 42.5 Å². The molecule has 0 aromatic rings. The van der Waals surface area contributed by atoms with E-state index < -0.39 is 0 Å². The summed E-state index contributed by atoms with van der Waals surface area (Å²) in [4.78, 5) is 0. The summed E-state index contributed by atoms with van der Waals surface area (Å²) >= 11 is 0. The van der Waals surface area contributed by atoms with Gasteiger partial charge in [0.25, 0.3) is 0 Å². The normalized spacial score (nSPS) is 42.0. The molecule has 0 radical (unpaired) electrons. The second kappa shape index (κ2) is 23.5. The fourth-order valence-corrected chi connectivity index (χ4v) is 15.7. The molecule has 8 heteroatoms. The van der Waals surface area contributed by atoms with Gasteiger partial charge in [-0.05, 0) is 243 Å². The van der Waals surface area contributed by atoms with E-state index in [0.29, 0.717) is 21.7 Å². The third-order valence-electron chi connectivity index (χ3n) is 19.9. The van der Waals surface area contributed by atoms with Gasteiger partial charge in [0.2, 0.25) is 0 Å². The van der Waals surface area contributed by atoms with Gasteiger partial charge in [-0.15, -0.1) is 0 Å². The highest BCUT2D eigenvalue weighted by atomic mass is 15.0. The number of hydrogen-bond donors (Lipinski definition) is 8. The van der Waals surface area contributed by atoms with Crippen LogP contribution in [-0.2, 0) is 0 Å².